The minimum absolute atomic E-state index is 0.0344. The Kier molecular flexibility index (Phi) is 9.06. The van der Waals surface area contributed by atoms with Crippen LogP contribution >= 0.6 is 0 Å². The molecule has 1 aromatic carbocycles. The molecule has 5 heterocycles. The Bertz CT molecular complexity index is 2090. The van der Waals surface area contributed by atoms with Gasteiger partial charge in [0.2, 0.25) is 5.91 Å². The number of aryl methyl sites for hydroxylation is 1. The zero-order valence-electron chi connectivity index (χ0n) is 29.1. The number of anilines is 2. The summed E-state index contributed by atoms with van der Waals surface area (Å²) in [6.07, 6.45) is 3.64. The second kappa shape index (κ2) is 13.0. The van der Waals surface area contributed by atoms with Crippen molar-refractivity contribution in [1.29, 1.82) is 0 Å². The maximum absolute atomic E-state index is 16.6. The van der Waals surface area contributed by atoms with Crippen molar-refractivity contribution < 1.29 is 23.5 Å². The van der Waals surface area contributed by atoms with Crippen molar-refractivity contribution in [2.75, 3.05) is 29.4 Å². The molecule has 3 aromatic heterocycles. The van der Waals surface area contributed by atoms with Crippen LogP contribution < -0.4 is 15.5 Å². The predicted molar refractivity (Wildman–Crippen MR) is 188 cm³/mol. The molecule has 13 heteroatoms. The molecular weight excluding hydrogens is 644 g/mol. The minimum atomic E-state index is -1.82. The number of rotatable bonds is 4. The summed E-state index contributed by atoms with van der Waals surface area (Å²) in [7, 11) is 0. The zero-order chi connectivity index (χ0) is 36.2. The molecule has 2 aliphatic rings. The fourth-order valence-electron chi connectivity index (χ4n) is 7.00. The summed E-state index contributed by atoms with van der Waals surface area (Å²) >= 11 is 0. The smallest absolute Gasteiger partial charge is 0.355 e. The van der Waals surface area contributed by atoms with Crippen LogP contribution in [-0.2, 0) is 16.0 Å². The quantitative estimate of drug-likeness (QED) is 0.301. The Labute approximate surface area is 288 Å². The first-order valence-corrected chi connectivity index (χ1v) is 16.8. The summed E-state index contributed by atoms with van der Waals surface area (Å²) < 4.78 is 34.0. The molecule has 6 rings (SSSR count). The highest BCUT2D eigenvalue weighted by Gasteiger charge is 2.36. The second-order valence-corrected chi connectivity index (χ2v) is 13.9. The lowest BCUT2D eigenvalue weighted by molar-refractivity contribution is -0.133. The maximum atomic E-state index is 16.6. The topological polar surface area (TPSA) is 125 Å². The van der Waals surface area contributed by atoms with E-state index >= 15 is 8.78 Å². The summed E-state index contributed by atoms with van der Waals surface area (Å²) in [6, 6.07) is 6.43. The van der Waals surface area contributed by atoms with Gasteiger partial charge in [-0.05, 0) is 82.4 Å². The zero-order valence-corrected chi connectivity index (χ0v) is 29.1. The number of carbonyl (C=O) groups excluding carboxylic acids is 2. The van der Waals surface area contributed by atoms with Crippen LogP contribution in [-0.4, -0.2) is 78.7 Å². The molecule has 4 aromatic rings. The van der Waals surface area contributed by atoms with E-state index in [1.54, 1.807) is 17.2 Å². The average Bonchev–Trinajstić information content (AvgIpc) is 3.06. The number of pyridine rings is 2. The van der Waals surface area contributed by atoms with Crippen molar-refractivity contribution in [2.24, 2.45) is 0 Å². The lowest BCUT2D eigenvalue weighted by atomic mass is 9.98. The van der Waals surface area contributed by atoms with Crippen LogP contribution in [0.3, 0.4) is 0 Å². The van der Waals surface area contributed by atoms with E-state index in [-0.39, 0.29) is 65.1 Å². The molecule has 1 saturated heterocycles. The number of aliphatic hydroxyl groups is 1. The van der Waals surface area contributed by atoms with Crippen LogP contribution in [0.25, 0.3) is 28.0 Å². The first-order chi connectivity index (χ1) is 23.6. The first kappa shape index (κ1) is 34.8. The molecule has 0 aliphatic carbocycles. The van der Waals surface area contributed by atoms with E-state index in [4.69, 9.17) is 4.98 Å². The minimum Gasteiger partial charge on any atom is -0.381 e. The molecule has 0 radical (unpaired) electrons. The molecular formula is C37H41F2N7O4. The van der Waals surface area contributed by atoms with E-state index in [1.807, 2.05) is 32.6 Å². The molecule has 1 N–H and O–H groups in total. The molecule has 2 atom stereocenters. The number of halogens is 2. The van der Waals surface area contributed by atoms with Crippen molar-refractivity contribution in [2.45, 2.75) is 78.0 Å². The Morgan fingerprint density at radius 2 is 1.82 bits per heavy atom. The number of fused-ring (bicyclic) bond motifs is 5. The summed E-state index contributed by atoms with van der Waals surface area (Å²) in [5.41, 5.74) is -1.37. The highest BCUT2D eigenvalue weighted by Crippen LogP contribution is 2.39. The number of aromatic nitrogens is 4. The lowest BCUT2D eigenvalue weighted by Crippen LogP contribution is -2.58. The fourth-order valence-corrected chi connectivity index (χ4v) is 7.00. The highest BCUT2D eigenvalue weighted by atomic mass is 19.1. The first-order valence-electron chi connectivity index (χ1n) is 16.8. The molecule has 1 fully saturated rings. The summed E-state index contributed by atoms with van der Waals surface area (Å²) in [5.74, 6) is -2.62. The number of hydrogen-bond acceptors (Lipinski definition) is 8. The van der Waals surface area contributed by atoms with Gasteiger partial charge in [-0.15, -0.1) is 0 Å². The van der Waals surface area contributed by atoms with E-state index in [0.717, 1.165) is 11.6 Å². The van der Waals surface area contributed by atoms with Crippen molar-refractivity contribution in [1.82, 2.24) is 24.4 Å². The lowest BCUT2D eigenvalue weighted by Gasteiger charge is -2.44. The third kappa shape index (κ3) is 5.93. The normalized spacial score (nSPS) is 18.1. The van der Waals surface area contributed by atoms with E-state index in [9.17, 15) is 19.5 Å². The molecule has 2 bridgehead atoms. The Balaban J connectivity index is 1.71. The SMILES string of the molecule is C=CC(=O)N1C[C@H](C)N(c2nc(=O)n3c4nc(c(F)cc24)-c2c(F)cccc2N(C(=O)C(C)(C)O)CCCc2ccnc(C(C)C)c2-3)C[C@H]1C. The van der Waals surface area contributed by atoms with Crippen LogP contribution in [0, 0.1) is 11.6 Å². The van der Waals surface area contributed by atoms with Crippen LogP contribution in [0.15, 0.2) is 54.0 Å². The molecule has 50 heavy (non-hydrogen) atoms. The Morgan fingerprint density at radius 1 is 1.08 bits per heavy atom. The van der Waals surface area contributed by atoms with Gasteiger partial charge in [0.05, 0.1) is 28.0 Å². The summed E-state index contributed by atoms with van der Waals surface area (Å²) in [4.78, 5) is 59.4. The average molecular weight is 686 g/mol. The molecule has 0 unspecified atom stereocenters. The molecule has 0 saturated carbocycles. The van der Waals surface area contributed by atoms with E-state index < -0.39 is 34.5 Å². The van der Waals surface area contributed by atoms with Gasteiger partial charge in [-0.2, -0.15) is 4.98 Å². The van der Waals surface area contributed by atoms with Gasteiger partial charge in [0, 0.05) is 37.9 Å². The van der Waals surface area contributed by atoms with Crippen molar-refractivity contribution in [3.05, 3.63) is 82.6 Å². The third-order valence-corrected chi connectivity index (χ3v) is 9.44. The number of piperazine rings is 1. The van der Waals surface area contributed by atoms with Gasteiger partial charge in [0.25, 0.3) is 5.91 Å². The highest BCUT2D eigenvalue weighted by molar-refractivity contribution is 6.02. The predicted octanol–water partition coefficient (Wildman–Crippen LogP) is 4.91. The van der Waals surface area contributed by atoms with Gasteiger partial charge in [-0.1, -0.05) is 26.5 Å². The van der Waals surface area contributed by atoms with E-state index in [2.05, 4.69) is 16.5 Å². The van der Waals surface area contributed by atoms with Gasteiger partial charge in [0.15, 0.2) is 11.5 Å². The second-order valence-electron chi connectivity index (χ2n) is 13.9. The van der Waals surface area contributed by atoms with Crippen molar-refractivity contribution >= 4 is 34.4 Å². The van der Waals surface area contributed by atoms with Crippen LogP contribution in [0.4, 0.5) is 20.3 Å². The van der Waals surface area contributed by atoms with Crippen LogP contribution in [0.2, 0.25) is 0 Å². The van der Waals surface area contributed by atoms with Crippen molar-refractivity contribution in [3.8, 4) is 16.9 Å². The number of hydrogen-bond donors (Lipinski definition) is 1. The van der Waals surface area contributed by atoms with E-state index in [1.165, 1.54) is 47.6 Å². The maximum Gasteiger partial charge on any atom is 0.355 e. The fraction of sp³-hybridized carbons (Fsp3) is 0.405. The van der Waals surface area contributed by atoms with E-state index in [0.29, 0.717) is 30.8 Å². The number of amides is 2. The van der Waals surface area contributed by atoms with Gasteiger partial charge in [-0.3, -0.25) is 14.6 Å². The third-order valence-electron chi connectivity index (χ3n) is 9.44. The number of benzene rings is 1. The summed E-state index contributed by atoms with van der Waals surface area (Å²) in [5, 5.41) is 11.0. The standard InChI is InChI=1S/C37H41F2N7O4/c1-8-28(47)44-18-22(5)45(19-21(44)4)33-24-17-26(39)31-29-25(38)12-9-13-27(29)43(35(48)37(6,7)50)16-10-11-23-14-15-40-30(20(2)3)32(23)46(34(24)41-31)36(49)42-33/h8-9,12-15,17,20-22,50H,1,10-11,16,18-19H2,2-7H3/t21-,22+/m1/s1. The van der Waals surface area contributed by atoms with Gasteiger partial charge < -0.3 is 19.8 Å². The molecule has 11 nitrogen and oxygen atoms in total. The number of carbonyl (C=O) groups is 2. The number of nitrogens with zero attached hydrogens (tertiary/aromatic N) is 7. The molecule has 2 aliphatic heterocycles. The Hall–Kier alpha value is -5.04. The van der Waals surface area contributed by atoms with Gasteiger partial charge in [0.1, 0.15) is 22.9 Å². The van der Waals surface area contributed by atoms with Gasteiger partial charge >= 0.3 is 5.69 Å². The van der Waals surface area contributed by atoms with Crippen LogP contribution in [0.5, 0.6) is 0 Å². The molecule has 262 valence electrons. The van der Waals surface area contributed by atoms with Gasteiger partial charge in [-0.25, -0.2) is 23.1 Å². The Morgan fingerprint density at radius 3 is 2.50 bits per heavy atom. The molecule has 2 amide bonds. The van der Waals surface area contributed by atoms with Crippen molar-refractivity contribution in [3.63, 3.8) is 0 Å². The molecule has 0 spiro atoms. The summed E-state index contributed by atoms with van der Waals surface area (Å²) in [6.45, 7) is 14.6. The van der Waals surface area contributed by atoms with Crippen LogP contribution in [0.1, 0.15) is 65.1 Å². The largest absolute Gasteiger partial charge is 0.381 e. The monoisotopic (exact) mass is 685 g/mol.